The van der Waals surface area contributed by atoms with Gasteiger partial charge >= 0.3 is 0 Å². The minimum Gasteiger partial charge on any atom is -0.541 e. The molecule has 0 aromatic heterocycles. The van der Waals surface area contributed by atoms with Gasteiger partial charge in [0.25, 0.3) is 16.6 Å². The van der Waals surface area contributed by atoms with E-state index in [1.807, 2.05) is 6.07 Å². The largest absolute Gasteiger partial charge is 0.541 e. The van der Waals surface area contributed by atoms with E-state index >= 15 is 0 Å². The summed E-state index contributed by atoms with van der Waals surface area (Å²) in [4.78, 5) is 0. The van der Waals surface area contributed by atoms with Crippen LogP contribution in [0.3, 0.4) is 0 Å². The van der Waals surface area contributed by atoms with Gasteiger partial charge in [0.2, 0.25) is 0 Å². The summed E-state index contributed by atoms with van der Waals surface area (Å²) >= 11 is 1.76. The summed E-state index contributed by atoms with van der Waals surface area (Å²) in [5.74, 6) is 2.53. The van der Waals surface area contributed by atoms with Crippen LogP contribution in [0.25, 0.3) is 0 Å². The molecular formula is C21H40O3SSi2. The Morgan fingerprint density at radius 1 is 0.889 bits per heavy atom. The summed E-state index contributed by atoms with van der Waals surface area (Å²) in [5.41, 5.74) is 2.00. The predicted octanol–water partition coefficient (Wildman–Crippen LogP) is 6.81. The van der Waals surface area contributed by atoms with Crippen LogP contribution in [0.1, 0.15) is 52.7 Å². The molecule has 156 valence electrons. The maximum absolute atomic E-state index is 9.78. The van der Waals surface area contributed by atoms with Crippen LogP contribution in [0, 0.1) is 0 Å². The Labute approximate surface area is 173 Å². The zero-order valence-corrected chi connectivity index (χ0v) is 22.1. The molecule has 0 fully saturated rings. The third-order valence-electron chi connectivity index (χ3n) is 6.01. The van der Waals surface area contributed by atoms with Gasteiger partial charge in [-0.15, -0.1) is 0 Å². The fourth-order valence-corrected chi connectivity index (χ4v) is 4.69. The highest BCUT2D eigenvalue weighted by molar-refractivity contribution is 7.97. The minimum atomic E-state index is -2.03. The zero-order chi connectivity index (χ0) is 21.3. The quantitative estimate of drug-likeness (QED) is 0.484. The molecule has 0 saturated heterocycles. The number of benzene rings is 1. The van der Waals surface area contributed by atoms with E-state index in [9.17, 15) is 5.11 Å². The number of aliphatic hydroxyl groups excluding tert-OH is 1. The molecule has 3 nitrogen and oxygen atoms in total. The van der Waals surface area contributed by atoms with Gasteiger partial charge in [-0.3, -0.25) is 0 Å². The van der Waals surface area contributed by atoms with Gasteiger partial charge in [0.05, 0.1) is 6.61 Å². The van der Waals surface area contributed by atoms with Crippen molar-refractivity contribution in [2.75, 3.05) is 6.26 Å². The smallest absolute Gasteiger partial charge is 0.250 e. The van der Waals surface area contributed by atoms with Crippen LogP contribution in [0.15, 0.2) is 12.1 Å². The van der Waals surface area contributed by atoms with Crippen LogP contribution in [-0.4, -0.2) is 28.0 Å². The molecule has 0 atom stereocenters. The summed E-state index contributed by atoms with van der Waals surface area (Å²) in [6.45, 7) is 22.5. The Morgan fingerprint density at radius 3 is 1.78 bits per heavy atom. The van der Waals surface area contributed by atoms with Crippen LogP contribution in [0.5, 0.6) is 11.5 Å². The Bertz CT molecular complexity index is 644. The monoisotopic (exact) mass is 428 g/mol. The van der Waals surface area contributed by atoms with E-state index in [0.717, 1.165) is 28.4 Å². The lowest BCUT2D eigenvalue weighted by atomic mass is 10.1. The molecule has 0 saturated carbocycles. The molecule has 1 N–H and O–H groups in total. The van der Waals surface area contributed by atoms with E-state index in [0.29, 0.717) is 0 Å². The van der Waals surface area contributed by atoms with E-state index in [1.54, 1.807) is 11.8 Å². The predicted molar refractivity (Wildman–Crippen MR) is 125 cm³/mol. The molecular weight excluding hydrogens is 388 g/mol. The van der Waals surface area contributed by atoms with E-state index in [4.69, 9.17) is 8.85 Å². The summed E-state index contributed by atoms with van der Waals surface area (Å²) in [5, 5.41) is 9.98. The molecule has 0 amide bonds. The molecule has 0 heterocycles. The normalized spacial score (nSPS) is 13.6. The van der Waals surface area contributed by atoms with E-state index < -0.39 is 16.6 Å². The van der Waals surface area contributed by atoms with Gasteiger partial charge in [0.15, 0.2) is 0 Å². The van der Waals surface area contributed by atoms with Crippen LogP contribution in [0.2, 0.25) is 36.3 Å². The third kappa shape index (κ3) is 6.02. The molecule has 6 heteroatoms. The lowest BCUT2D eigenvalue weighted by Crippen LogP contribution is -2.46. The highest BCUT2D eigenvalue weighted by atomic mass is 32.2. The molecule has 0 spiro atoms. The molecule has 0 radical (unpaired) electrons. The number of rotatable bonds is 7. The summed E-state index contributed by atoms with van der Waals surface area (Å²) in [6, 6.07) is 4.05. The molecule has 0 bridgehead atoms. The average Bonchev–Trinajstić information content (AvgIpc) is 2.47. The molecule has 0 aliphatic rings. The fourth-order valence-electron chi connectivity index (χ4n) is 2.11. The second-order valence-corrected chi connectivity index (χ2v) is 20.7. The SMILES string of the molecule is CSCc1cc(CO)cc(O[Si](C)(C)C(C)(C)C)c1O[Si](C)(C)C(C)(C)C. The number of hydrogen-bond acceptors (Lipinski definition) is 4. The van der Waals surface area contributed by atoms with Gasteiger partial charge in [-0.25, -0.2) is 0 Å². The van der Waals surface area contributed by atoms with Crippen molar-refractivity contribution in [3.63, 3.8) is 0 Å². The molecule has 0 aliphatic carbocycles. The first kappa shape index (κ1) is 24.6. The Kier molecular flexibility index (Phi) is 7.76. The van der Waals surface area contributed by atoms with Gasteiger partial charge in [0.1, 0.15) is 11.5 Å². The fraction of sp³-hybridized carbons (Fsp3) is 0.714. The Morgan fingerprint density at radius 2 is 1.37 bits per heavy atom. The van der Waals surface area contributed by atoms with Gasteiger partial charge in [-0.05, 0) is 60.2 Å². The first-order chi connectivity index (χ1) is 12.1. The van der Waals surface area contributed by atoms with Gasteiger partial charge in [-0.1, -0.05) is 41.5 Å². The van der Waals surface area contributed by atoms with Crippen molar-refractivity contribution in [3.8, 4) is 11.5 Å². The van der Waals surface area contributed by atoms with Gasteiger partial charge in [0, 0.05) is 11.3 Å². The molecule has 27 heavy (non-hydrogen) atoms. The Balaban J connectivity index is 3.57. The third-order valence-corrected chi connectivity index (χ3v) is 15.3. The Hall–Kier alpha value is -0.436. The van der Waals surface area contributed by atoms with Crippen molar-refractivity contribution in [3.05, 3.63) is 23.3 Å². The molecule has 1 rings (SSSR count). The number of hydrogen-bond donors (Lipinski definition) is 1. The first-order valence-corrected chi connectivity index (χ1v) is 16.9. The topological polar surface area (TPSA) is 38.7 Å². The van der Waals surface area contributed by atoms with Crippen LogP contribution in [-0.2, 0) is 12.4 Å². The first-order valence-electron chi connectivity index (χ1n) is 9.69. The van der Waals surface area contributed by atoms with Crippen molar-refractivity contribution < 1.29 is 14.0 Å². The highest BCUT2D eigenvalue weighted by Crippen LogP contribution is 2.45. The van der Waals surface area contributed by atoms with Crippen molar-refractivity contribution >= 4 is 28.4 Å². The van der Waals surface area contributed by atoms with Gasteiger partial charge < -0.3 is 14.0 Å². The summed E-state index contributed by atoms with van der Waals surface area (Å²) < 4.78 is 13.5. The van der Waals surface area contributed by atoms with E-state index in [-0.39, 0.29) is 16.7 Å². The van der Waals surface area contributed by atoms with Crippen molar-refractivity contribution in [1.82, 2.24) is 0 Å². The van der Waals surface area contributed by atoms with Crippen LogP contribution < -0.4 is 8.85 Å². The number of aliphatic hydroxyl groups is 1. The second kappa shape index (κ2) is 8.51. The van der Waals surface area contributed by atoms with Crippen LogP contribution >= 0.6 is 11.8 Å². The van der Waals surface area contributed by atoms with Crippen LogP contribution in [0.4, 0.5) is 0 Å². The van der Waals surface area contributed by atoms with E-state index in [1.165, 1.54) is 0 Å². The molecule has 1 aromatic carbocycles. The van der Waals surface area contributed by atoms with E-state index in [2.05, 4.69) is 80.1 Å². The van der Waals surface area contributed by atoms with Crippen molar-refractivity contribution in [2.45, 2.75) is 90.2 Å². The van der Waals surface area contributed by atoms with Crippen molar-refractivity contribution in [1.29, 1.82) is 0 Å². The maximum atomic E-state index is 9.78. The van der Waals surface area contributed by atoms with Crippen molar-refractivity contribution in [2.24, 2.45) is 0 Å². The lowest BCUT2D eigenvalue weighted by Gasteiger charge is -2.40. The molecule has 0 unspecified atom stereocenters. The summed E-state index contributed by atoms with van der Waals surface area (Å²) in [6.07, 6.45) is 2.09. The highest BCUT2D eigenvalue weighted by Gasteiger charge is 2.42. The number of thioether (sulfide) groups is 1. The zero-order valence-electron chi connectivity index (χ0n) is 19.2. The molecule has 0 aliphatic heterocycles. The maximum Gasteiger partial charge on any atom is 0.250 e. The minimum absolute atomic E-state index is 0.00954. The average molecular weight is 429 g/mol. The standard InChI is InChI=1S/C21H40O3SSi2/c1-20(2,3)26(8,9)23-18-13-16(14-22)12-17(15-25-7)19(18)24-27(10,11)21(4,5)6/h12-13,22H,14-15H2,1-11H3. The molecule has 1 aromatic rings. The second-order valence-electron chi connectivity index (χ2n) is 10.4. The lowest BCUT2D eigenvalue weighted by molar-refractivity contribution is 0.281. The van der Waals surface area contributed by atoms with Gasteiger partial charge in [-0.2, -0.15) is 11.8 Å². The summed E-state index contributed by atoms with van der Waals surface area (Å²) in [7, 11) is -4.06.